The minimum absolute atomic E-state index is 0.752. The number of benzene rings is 1. The number of anilines is 2. The highest BCUT2D eigenvalue weighted by Crippen LogP contribution is 2.27. The summed E-state index contributed by atoms with van der Waals surface area (Å²) in [7, 11) is 2.20. The highest BCUT2D eigenvalue weighted by atomic mass is 15.1. The molecule has 1 saturated heterocycles. The van der Waals surface area contributed by atoms with Gasteiger partial charge in [-0.05, 0) is 63.2 Å². The number of hydrogen-bond donors (Lipinski definition) is 2. The number of nitrogens with one attached hydrogen (secondary N) is 1. The molecule has 0 aliphatic carbocycles. The molecule has 0 radical (unpaired) electrons. The molecule has 1 aromatic carbocycles. The summed E-state index contributed by atoms with van der Waals surface area (Å²) < 4.78 is 0. The summed E-state index contributed by atoms with van der Waals surface area (Å²) in [5.41, 5.74) is 8.86. The number of nitrogens with two attached hydrogens (primary N) is 1. The van der Waals surface area contributed by atoms with Crippen LogP contribution >= 0.6 is 0 Å². The van der Waals surface area contributed by atoms with Gasteiger partial charge >= 0.3 is 0 Å². The van der Waals surface area contributed by atoms with Crippen LogP contribution in [0.2, 0.25) is 0 Å². The van der Waals surface area contributed by atoms with Crippen molar-refractivity contribution in [3.8, 4) is 0 Å². The molecule has 1 aliphatic rings. The first kappa shape index (κ1) is 13.2. The van der Waals surface area contributed by atoms with Crippen LogP contribution in [-0.4, -0.2) is 36.6 Å². The van der Waals surface area contributed by atoms with Gasteiger partial charge in [0.2, 0.25) is 0 Å². The van der Waals surface area contributed by atoms with E-state index in [1.165, 1.54) is 25.9 Å². The molecule has 2 aromatic rings. The number of hydrogen-bond acceptors (Lipinski definition) is 4. The van der Waals surface area contributed by atoms with Crippen molar-refractivity contribution in [1.82, 2.24) is 9.88 Å². The summed E-state index contributed by atoms with van der Waals surface area (Å²) in [5.74, 6) is 0.752. The van der Waals surface area contributed by atoms with Gasteiger partial charge in [0.25, 0.3) is 0 Å². The van der Waals surface area contributed by atoms with Crippen LogP contribution < -0.4 is 11.1 Å². The fraction of sp³-hybridized carbons (Fsp3) is 0.438. The molecule has 106 valence electrons. The van der Waals surface area contributed by atoms with Crippen molar-refractivity contribution in [1.29, 1.82) is 0 Å². The SMILES string of the molecule is CN1CCC(CNc2ccc(N)c3cccnc23)CC1. The Labute approximate surface area is 120 Å². The summed E-state index contributed by atoms with van der Waals surface area (Å²) in [4.78, 5) is 6.87. The Morgan fingerprint density at radius 1 is 1.30 bits per heavy atom. The van der Waals surface area contributed by atoms with E-state index in [0.29, 0.717) is 0 Å². The number of fused-ring (bicyclic) bond motifs is 1. The predicted molar refractivity (Wildman–Crippen MR) is 84.9 cm³/mol. The lowest BCUT2D eigenvalue weighted by molar-refractivity contribution is 0.226. The smallest absolute Gasteiger partial charge is 0.0953 e. The zero-order valence-electron chi connectivity index (χ0n) is 12.0. The first-order chi connectivity index (χ1) is 9.74. The molecule has 0 bridgehead atoms. The molecule has 0 amide bonds. The van der Waals surface area contributed by atoms with E-state index >= 15 is 0 Å². The summed E-state index contributed by atoms with van der Waals surface area (Å²) in [6.45, 7) is 3.42. The topological polar surface area (TPSA) is 54.2 Å². The molecule has 4 nitrogen and oxygen atoms in total. The van der Waals surface area contributed by atoms with Crippen LogP contribution in [0.25, 0.3) is 10.9 Å². The number of piperidine rings is 1. The number of nitrogens with zero attached hydrogens (tertiary/aromatic N) is 2. The van der Waals surface area contributed by atoms with E-state index in [4.69, 9.17) is 5.73 Å². The molecule has 0 unspecified atom stereocenters. The first-order valence-electron chi connectivity index (χ1n) is 7.29. The molecule has 3 rings (SSSR count). The third-order valence-electron chi connectivity index (χ3n) is 4.22. The van der Waals surface area contributed by atoms with Crippen molar-refractivity contribution >= 4 is 22.3 Å². The molecule has 0 spiro atoms. The molecule has 0 saturated carbocycles. The standard InChI is InChI=1S/C16H22N4/c1-20-9-6-12(7-10-20)11-19-15-5-4-14(17)13-3-2-8-18-16(13)15/h2-5,8,12,19H,6-7,9-11,17H2,1H3. The molecule has 20 heavy (non-hydrogen) atoms. The van der Waals surface area contributed by atoms with Crippen molar-refractivity contribution in [2.24, 2.45) is 5.92 Å². The molecule has 4 heteroatoms. The summed E-state index contributed by atoms with van der Waals surface area (Å²) in [5, 5.41) is 4.59. The largest absolute Gasteiger partial charge is 0.398 e. The Morgan fingerprint density at radius 3 is 2.90 bits per heavy atom. The zero-order chi connectivity index (χ0) is 13.9. The second-order valence-electron chi connectivity index (χ2n) is 5.73. The Kier molecular flexibility index (Phi) is 3.74. The lowest BCUT2D eigenvalue weighted by Crippen LogP contribution is -2.32. The Morgan fingerprint density at radius 2 is 2.10 bits per heavy atom. The second kappa shape index (κ2) is 5.67. The fourth-order valence-electron chi connectivity index (χ4n) is 2.86. The monoisotopic (exact) mass is 270 g/mol. The second-order valence-corrected chi connectivity index (χ2v) is 5.73. The van der Waals surface area contributed by atoms with Gasteiger partial charge < -0.3 is 16.0 Å². The third-order valence-corrected chi connectivity index (χ3v) is 4.22. The minimum Gasteiger partial charge on any atom is -0.398 e. The van der Waals surface area contributed by atoms with Crippen molar-refractivity contribution in [2.75, 3.05) is 37.7 Å². The number of rotatable bonds is 3. The maximum atomic E-state index is 6.01. The van der Waals surface area contributed by atoms with Crippen molar-refractivity contribution < 1.29 is 0 Å². The van der Waals surface area contributed by atoms with E-state index in [1.807, 2.05) is 30.5 Å². The highest BCUT2D eigenvalue weighted by Gasteiger charge is 2.16. The van der Waals surface area contributed by atoms with Crippen LogP contribution in [0.5, 0.6) is 0 Å². The van der Waals surface area contributed by atoms with Crippen LogP contribution in [0.15, 0.2) is 30.5 Å². The first-order valence-corrected chi connectivity index (χ1v) is 7.29. The zero-order valence-corrected chi connectivity index (χ0v) is 12.0. The van der Waals surface area contributed by atoms with E-state index in [1.54, 1.807) is 0 Å². The Hall–Kier alpha value is -1.81. The van der Waals surface area contributed by atoms with Gasteiger partial charge in [-0.2, -0.15) is 0 Å². The van der Waals surface area contributed by atoms with Crippen LogP contribution in [0.1, 0.15) is 12.8 Å². The lowest BCUT2D eigenvalue weighted by Gasteiger charge is -2.29. The summed E-state index contributed by atoms with van der Waals surface area (Å²) in [6, 6.07) is 7.96. The van der Waals surface area contributed by atoms with Crippen LogP contribution in [0, 0.1) is 5.92 Å². The lowest BCUT2D eigenvalue weighted by atomic mass is 9.97. The van der Waals surface area contributed by atoms with Gasteiger partial charge in [-0.15, -0.1) is 0 Å². The van der Waals surface area contributed by atoms with Crippen molar-refractivity contribution in [2.45, 2.75) is 12.8 Å². The number of pyridine rings is 1. The van der Waals surface area contributed by atoms with E-state index in [2.05, 4.69) is 22.2 Å². The molecule has 2 heterocycles. The molecular weight excluding hydrogens is 248 g/mol. The highest BCUT2D eigenvalue weighted by molar-refractivity contribution is 5.98. The van der Waals surface area contributed by atoms with E-state index in [0.717, 1.165) is 34.7 Å². The third kappa shape index (κ3) is 2.70. The Balaban J connectivity index is 1.73. The van der Waals surface area contributed by atoms with Gasteiger partial charge in [0.15, 0.2) is 0 Å². The van der Waals surface area contributed by atoms with Gasteiger partial charge in [0.1, 0.15) is 0 Å². The van der Waals surface area contributed by atoms with E-state index in [9.17, 15) is 0 Å². The summed E-state index contributed by atoms with van der Waals surface area (Å²) in [6.07, 6.45) is 4.36. The van der Waals surface area contributed by atoms with Crippen LogP contribution in [-0.2, 0) is 0 Å². The average Bonchev–Trinajstić information content (AvgIpc) is 2.49. The fourth-order valence-corrected chi connectivity index (χ4v) is 2.86. The minimum atomic E-state index is 0.752. The summed E-state index contributed by atoms with van der Waals surface area (Å²) >= 11 is 0. The number of likely N-dealkylation sites (tertiary alicyclic amines) is 1. The van der Waals surface area contributed by atoms with Crippen molar-refractivity contribution in [3.63, 3.8) is 0 Å². The number of nitrogen functional groups attached to an aromatic ring is 1. The van der Waals surface area contributed by atoms with Gasteiger partial charge in [0, 0.05) is 23.8 Å². The normalized spacial score (nSPS) is 17.4. The number of aromatic nitrogens is 1. The van der Waals surface area contributed by atoms with Gasteiger partial charge in [-0.3, -0.25) is 4.98 Å². The maximum absolute atomic E-state index is 6.01. The van der Waals surface area contributed by atoms with E-state index < -0.39 is 0 Å². The Bertz CT molecular complexity index is 588. The van der Waals surface area contributed by atoms with Gasteiger partial charge in [-0.25, -0.2) is 0 Å². The quantitative estimate of drug-likeness (QED) is 0.842. The molecule has 1 aliphatic heterocycles. The maximum Gasteiger partial charge on any atom is 0.0953 e. The average molecular weight is 270 g/mol. The molecule has 0 atom stereocenters. The van der Waals surface area contributed by atoms with Gasteiger partial charge in [-0.1, -0.05) is 0 Å². The molecule has 3 N–H and O–H groups in total. The molecule has 1 aromatic heterocycles. The van der Waals surface area contributed by atoms with Crippen LogP contribution in [0.3, 0.4) is 0 Å². The van der Waals surface area contributed by atoms with Crippen molar-refractivity contribution in [3.05, 3.63) is 30.5 Å². The molecular formula is C16H22N4. The molecule has 1 fully saturated rings. The van der Waals surface area contributed by atoms with Crippen LogP contribution in [0.4, 0.5) is 11.4 Å². The van der Waals surface area contributed by atoms with E-state index in [-0.39, 0.29) is 0 Å². The predicted octanol–water partition coefficient (Wildman–Crippen LogP) is 2.57. The van der Waals surface area contributed by atoms with Gasteiger partial charge in [0.05, 0.1) is 11.2 Å².